The van der Waals surface area contributed by atoms with Crippen molar-refractivity contribution in [1.29, 1.82) is 5.26 Å². The van der Waals surface area contributed by atoms with Crippen molar-refractivity contribution in [3.8, 4) is 6.07 Å². The highest BCUT2D eigenvalue weighted by molar-refractivity contribution is 7.90. The van der Waals surface area contributed by atoms with Gasteiger partial charge in [-0.25, -0.2) is 13.4 Å². The van der Waals surface area contributed by atoms with Crippen LogP contribution < -0.4 is 0 Å². The molecule has 0 aliphatic heterocycles. The standard InChI is InChI=1S/C15H14N2O2S/c1-11-3-4-15(7-12(11)2)20(18,19)10-13-5-6-17-14(8-13)9-16/h3-8H,10H2,1-2H3. The van der Waals surface area contributed by atoms with E-state index in [0.717, 1.165) is 11.1 Å². The van der Waals surface area contributed by atoms with Crippen molar-refractivity contribution in [2.24, 2.45) is 0 Å². The van der Waals surface area contributed by atoms with Gasteiger partial charge in [0.05, 0.1) is 10.6 Å². The first-order valence-electron chi connectivity index (χ1n) is 6.07. The van der Waals surface area contributed by atoms with Gasteiger partial charge in [0.25, 0.3) is 0 Å². The first kappa shape index (κ1) is 14.2. The monoisotopic (exact) mass is 286 g/mol. The zero-order valence-corrected chi connectivity index (χ0v) is 12.1. The predicted molar refractivity (Wildman–Crippen MR) is 75.8 cm³/mol. The number of aryl methyl sites for hydroxylation is 2. The van der Waals surface area contributed by atoms with Crippen LogP contribution in [0.3, 0.4) is 0 Å². The predicted octanol–water partition coefficient (Wildman–Crippen LogP) is 2.54. The van der Waals surface area contributed by atoms with Crippen molar-refractivity contribution in [1.82, 2.24) is 4.98 Å². The lowest BCUT2D eigenvalue weighted by atomic mass is 10.1. The molecule has 0 radical (unpaired) electrons. The van der Waals surface area contributed by atoms with Gasteiger partial charge in [0.1, 0.15) is 11.8 Å². The van der Waals surface area contributed by atoms with Gasteiger partial charge < -0.3 is 0 Å². The molecule has 0 unspecified atom stereocenters. The molecule has 0 fully saturated rings. The van der Waals surface area contributed by atoms with E-state index in [1.165, 1.54) is 12.3 Å². The number of benzene rings is 1. The molecule has 0 saturated carbocycles. The molecule has 0 saturated heterocycles. The number of pyridine rings is 1. The maximum absolute atomic E-state index is 12.4. The molecule has 0 spiro atoms. The number of rotatable bonds is 3. The van der Waals surface area contributed by atoms with Gasteiger partial charge in [-0.2, -0.15) is 5.26 Å². The zero-order valence-electron chi connectivity index (χ0n) is 11.3. The maximum atomic E-state index is 12.4. The van der Waals surface area contributed by atoms with Gasteiger partial charge in [-0.1, -0.05) is 6.07 Å². The van der Waals surface area contributed by atoms with Crippen LogP contribution in [0.5, 0.6) is 0 Å². The average Bonchev–Trinajstić information content (AvgIpc) is 2.41. The number of hydrogen-bond acceptors (Lipinski definition) is 4. The molecule has 0 aliphatic carbocycles. The molecule has 0 aliphatic rings. The van der Waals surface area contributed by atoms with Gasteiger partial charge in [-0.15, -0.1) is 0 Å². The lowest BCUT2D eigenvalue weighted by Crippen LogP contribution is -2.06. The van der Waals surface area contributed by atoms with Gasteiger partial charge in [0, 0.05) is 6.20 Å². The Morgan fingerprint density at radius 1 is 1.15 bits per heavy atom. The van der Waals surface area contributed by atoms with Crippen molar-refractivity contribution < 1.29 is 8.42 Å². The van der Waals surface area contributed by atoms with E-state index in [1.807, 2.05) is 19.9 Å². The van der Waals surface area contributed by atoms with E-state index in [2.05, 4.69) is 4.98 Å². The SMILES string of the molecule is Cc1ccc(S(=O)(=O)Cc2ccnc(C#N)c2)cc1C. The highest BCUT2D eigenvalue weighted by Gasteiger charge is 2.16. The fourth-order valence-corrected chi connectivity index (χ4v) is 3.25. The second-order valence-corrected chi connectivity index (χ2v) is 6.66. The quantitative estimate of drug-likeness (QED) is 0.869. The summed E-state index contributed by atoms with van der Waals surface area (Å²) in [4.78, 5) is 4.13. The van der Waals surface area contributed by atoms with Crippen molar-refractivity contribution >= 4 is 9.84 Å². The van der Waals surface area contributed by atoms with Crippen LogP contribution in [0.4, 0.5) is 0 Å². The topological polar surface area (TPSA) is 70.8 Å². The van der Waals surface area contributed by atoms with Crippen molar-refractivity contribution in [2.45, 2.75) is 24.5 Å². The Labute approximate surface area is 118 Å². The molecule has 0 amide bonds. The van der Waals surface area contributed by atoms with E-state index in [0.29, 0.717) is 10.5 Å². The summed E-state index contributed by atoms with van der Waals surface area (Å²) in [5.74, 6) is -0.132. The Kier molecular flexibility index (Phi) is 3.86. The highest BCUT2D eigenvalue weighted by Crippen LogP contribution is 2.19. The van der Waals surface area contributed by atoms with Crippen LogP contribution in [0.15, 0.2) is 41.4 Å². The van der Waals surface area contributed by atoms with Gasteiger partial charge in [0.15, 0.2) is 9.84 Å². The number of nitrogens with zero attached hydrogens (tertiary/aromatic N) is 2. The van der Waals surface area contributed by atoms with Crippen LogP contribution in [-0.4, -0.2) is 13.4 Å². The second kappa shape index (κ2) is 5.43. The van der Waals surface area contributed by atoms with Crippen molar-refractivity contribution in [3.05, 3.63) is 58.9 Å². The molecule has 1 heterocycles. The number of aromatic nitrogens is 1. The van der Waals surface area contributed by atoms with Crippen LogP contribution >= 0.6 is 0 Å². The zero-order chi connectivity index (χ0) is 14.8. The van der Waals surface area contributed by atoms with Gasteiger partial charge >= 0.3 is 0 Å². The third-order valence-electron chi connectivity index (χ3n) is 3.13. The lowest BCUT2D eigenvalue weighted by Gasteiger charge is -2.07. The average molecular weight is 286 g/mol. The maximum Gasteiger partial charge on any atom is 0.182 e. The first-order chi connectivity index (χ1) is 9.42. The Bertz CT molecular complexity index is 790. The summed E-state index contributed by atoms with van der Waals surface area (Å²) in [5, 5.41) is 8.78. The number of sulfone groups is 1. The summed E-state index contributed by atoms with van der Waals surface area (Å²) in [7, 11) is -3.41. The Morgan fingerprint density at radius 3 is 2.55 bits per heavy atom. The minimum Gasteiger partial charge on any atom is -0.246 e. The Hall–Kier alpha value is -2.19. The van der Waals surface area contributed by atoms with Gasteiger partial charge in [0.2, 0.25) is 0 Å². The van der Waals surface area contributed by atoms with E-state index in [4.69, 9.17) is 5.26 Å². The largest absolute Gasteiger partial charge is 0.246 e. The molecule has 2 rings (SSSR count). The van der Waals surface area contributed by atoms with E-state index in [9.17, 15) is 8.42 Å². The van der Waals surface area contributed by atoms with Crippen LogP contribution in [0, 0.1) is 25.2 Å². The minimum atomic E-state index is -3.41. The van der Waals surface area contributed by atoms with Gasteiger partial charge in [-0.05, 0) is 54.8 Å². The summed E-state index contributed by atoms with van der Waals surface area (Å²) < 4.78 is 24.7. The molecular weight excluding hydrogens is 272 g/mol. The van der Waals surface area contributed by atoms with Crippen LogP contribution in [0.1, 0.15) is 22.4 Å². The molecule has 102 valence electrons. The number of nitriles is 1. The summed E-state index contributed by atoms with van der Waals surface area (Å²) >= 11 is 0. The summed E-state index contributed by atoms with van der Waals surface area (Å²) in [6.45, 7) is 3.82. The Morgan fingerprint density at radius 2 is 1.90 bits per heavy atom. The lowest BCUT2D eigenvalue weighted by molar-refractivity contribution is 0.595. The molecule has 5 heteroatoms. The molecular formula is C15H14N2O2S. The van der Waals surface area contributed by atoms with Gasteiger partial charge in [-0.3, -0.25) is 0 Å². The first-order valence-corrected chi connectivity index (χ1v) is 7.72. The molecule has 4 nitrogen and oxygen atoms in total. The normalized spacial score (nSPS) is 11.1. The minimum absolute atomic E-state index is 0.132. The van der Waals surface area contributed by atoms with Crippen LogP contribution in [0.25, 0.3) is 0 Å². The molecule has 0 N–H and O–H groups in total. The molecule has 20 heavy (non-hydrogen) atoms. The summed E-state index contributed by atoms with van der Waals surface area (Å²) in [5.41, 5.74) is 2.78. The fourth-order valence-electron chi connectivity index (χ4n) is 1.84. The third kappa shape index (κ3) is 3.03. The second-order valence-electron chi connectivity index (χ2n) is 4.67. The van der Waals surface area contributed by atoms with Crippen molar-refractivity contribution in [2.75, 3.05) is 0 Å². The van der Waals surface area contributed by atoms with E-state index >= 15 is 0 Å². The fraction of sp³-hybridized carbons (Fsp3) is 0.200. The molecule has 0 atom stereocenters. The Balaban J connectivity index is 2.35. The van der Waals surface area contributed by atoms with E-state index in [-0.39, 0.29) is 11.4 Å². The summed E-state index contributed by atoms with van der Waals surface area (Å²) in [6.07, 6.45) is 1.45. The van der Waals surface area contributed by atoms with Crippen LogP contribution in [-0.2, 0) is 15.6 Å². The molecule has 1 aromatic carbocycles. The van der Waals surface area contributed by atoms with E-state index in [1.54, 1.807) is 24.3 Å². The van der Waals surface area contributed by atoms with Crippen molar-refractivity contribution in [3.63, 3.8) is 0 Å². The molecule has 1 aromatic heterocycles. The highest BCUT2D eigenvalue weighted by atomic mass is 32.2. The number of hydrogen-bond donors (Lipinski definition) is 0. The smallest absolute Gasteiger partial charge is 0.182 e. The van der Waals surface area contributed by atoms with Crippen LogP contribution in [0.2, 0.25) is 0 Å². The summed E-state index contributed by atoms with van der Waals surface area (Å²) in [6, 6.07) is 10.1. The third-order valence-corrected chi connectivity index (χ3v) is 4.82. The molecule has 0 bridgehead atoms. The molecule has 2 aromatic rings. The van der Waals surface area contributed by atoms with E-state index < -0.39 is 9.84 Å².